The van der Waals surface area contributed by atoms with Crippen molar-refractivity contribution >= 4 is 29.1 Å². The fourth-order valence-corrected chi connectivity index (χ4v) is 3.18. The lowest BCUT2D eigenvalue weighted by Crippen LogP contribution is -2.50. The number of anilines is 1. The number of hydrogen-bond donors (Lipinski definition) is 1. The van der Waals surface area contributed by atoms with Crippen LogP contribution in [0.3, 0.4) is 0 Å². The summed E-state index contributed by atoms with van der Waals surface area (Å²) in [6.07, 6.45) is 0. The Morgan fingerprint density at radius 2 is 1.78 bits per heavy atom. The molecule has 2 aromatic rings. The lowest BCUT2D eigenvalue weighted by molar-refractivity contribution is -0.117. The maximum Gasteiger partial charge on any atom is 0.253 e. The van der Waals surface area contributed by atoms with Crippen molar-refractivity contribution in [1.29, 1.82) is 0 Å². The van der Waals surface area contributed by atoms with Gasteiger partial charge in [0, 0.05) is 42.5 Å². The Kier molecular flexibility index (Phi) is 6.32. The van der Waals surface area contributed by atoms with E-state index in [1.54, 1.807) is 60.5 Å². The third-order valence-electron chi connectivity index (χ3n) is 4.47. The Bertz CT molecular complexity index is 802. The molecule has 0 atom stereocenters. The van der Waals surface area contributed by atoms with Crippen molar-refractivity contribution in [2.24, 2.45) is 0 Å². The van der Waals surface area contributed by atoms with E-state index in [1.165, 1.54) is 0 Å². The number of nitrogens with zero attached hydrogens (tertiary/aromatic N) is 2. The molecule has 0 bridgehead atoms. The SMILES string of the molecule is COc1ccc(NC(=O)CN2CCN(C(=O)c3cccc(Cl)c3)CC2)cc1. The maximum absolute atomic E-state index is 12.5. The first kappa shape index (κ1) is 19.2. The van der Waals surface area contributed by atoms with Gasteiger partial charge in [0.05, 0.1) is 13.7 Å². The number of nitrogens with one attached hydrogen (secondary N) is 1. The van der Waals surface area contributed by atoms with Crippen molar-refractivity contribution in [3.8, 4) is 5.75 Å². The molecular weight excluding hydrogens is 366 g/mol. The second-order valence-electron chi connectivity index (χ2n) is 6.36. The number of rotatable bonds is 5. The van der Waals surface area contributed by atoms with Crippen molar-refractivity contribution in [3.63, 3.8) is 0 Å². The molecular formula is C20H22ClN3O3. The van der Waals surface area contributed by atoms with Gasteiger partial charge in [-0.1, -0.05) is 17.7 Å². The summed E-state index contributed by atoms with van der Waals surface area (Å²) in [6.45, 7) is 2.78. The fraction of sp³-hybridized carbons (Fsp3) is 0.300. The number of hydrogen-bond acceptors (Lipinski definition) is 4. The molecule has 1 heterocycles. The fourth-order valence-electron chi connectivity index (χ4n) is 2.99. The monoisotopic (exact) mass is 387 g/mol. The predicted octanol–water partition coefficient (Wildman–Crippen LogP) is 2.75. The number of carbonyl (C=O) groups excluding carboxylic acids is 2. The molecule has 1 N–H and O–H groups in total. The van der Waals surface area contributed by atoms with Crippen molar-refractivity contribution < 1.29 is 14.3 Å². The van der Waals surface area contributed by atoms with Crippen LogP contribution in [0.5, 0.6) is 5.75 Å². The summed E-state index contributed by atoms with van der Waals surface area (Å²) < 4.78 is 5.10. The van der Waals surface area contributed by atoms with E-state index < -0.39 is 0 Å². The molecule has 2 aromatic carbocycles. The van der Waals surface area contributed by atoms with Crippen LogP contribution in [-0.2, 0) is 4.79 Å². The van der Waals surface area contributed by atoms with E-state index in [0.29, 0.717) is 43.3 Å². The van der Waals surface area contributed by atoms with Crippen LogP contribution in [0.15, 0.2) is 48.5 Å². The first-order valence-electron chi connectivity index (χ1n) is 8.76. The minimum absolute atomic E-state index is 0.0279. The zero-order valence-electron chi connectivity index (χ0n) is 15.2. The summed E-state index contributed by atoms with van der Waals surface area (Å²) in [7, 11) is 1.60. The third kappa shape index (κ3) is 5.21. The molecule has 1 fully saturated rings. The van der Waals surface area contributed by atoms with Crippen molar-refractivity contribution in [2.45, 2.75) is 0 Å². The smallest absolute Gasteiger partial charge is 0.253 e. The molecule has 0 saturated carbocycles. The van der Waals surface area contributed by atoms with E-state index in [9.17, 15) is 9.59 Å². The second-order valence-corrected chi connectivity index (χ2v) is 6.79. The number of ether oxygens (including phenoxy) is 1. The first-order chi connectivity index (χ1) is 13.0. The molecule has 1 aliphatic rings. The standard InChI is InChI=1S/C20H22ClN3O3/c1-27-18-7-5-17(6-8-18)22-19(25)14-23-9-11-24(12-10-23)20(26)15-3-2-4-16(21)13-15/h2-8,13H,9-12,14H2,1H3,(H,22,25). The van der Waals surface area contributed by atoms with Gasteiger partial charge in [0.2, 0.25) is 5.91 Å². The molecule has 0 radical (unpaired) electrons. The van der Waals surface area contributed by atoms with Gasteiger partial charge in [0.1, 0.15) is 5.75 Å². The number of halogens is 1. The van der Waals surface area contributed by atoms with E-state index in [-0.39, 0.29) is 11.8 Å². The van der Waals surface area contributed by atoms with E-state index >= 15 is 0 Å². The van der Waals surface area contributed by atoms with E-state index in [4.69, 9.17) is 16.3 Å². The predicted molar refractivity (Wildman–Crippen MR) is 105 cm³/mol. The molecule has 142 valence electrons. The van der Waals surface area contributed by atoms with Gasteiger partial charge in [-0.15, -0.1) is 0 Å². The van der Waals surface area contributed by atoms with Gasteiger partial charge in [-0.05, 0) is 42.5 Å². The van der Waals surface area contributed by atoms with Crippen LogP contribution in [0, 0.1) is 0 Å². The molecule has 1 saturated heterocycles. The van der Waals surface area contributed by atoms with Crippen molar-refractivity contribution in [1.82, 2.24) is 9.80 Å². The Balaban J connectivity index is 1.47. The van der Waals surface area contributed by atoms with Crippen LogP contribution in [0.4, 0.5) is 5.69 Å². The number of piperazine rings is 1. The van der Waals surface area contributed by atoms with Gasteiger partial charge in [-0.25, -0.2) is 0 Å². The van der Waals surface area contributed by atoms with Gasteiger partial charge in [0.15, 0.2) is 0 Å². The molecule has 1 aliphatic heterocycles. The minimum atomic E-state index is -0.0743. The third-order valence-corrected chi connectivity index (χ3v) is 4.71. The van der Waals surface area contributed by atoms with Gasteiger partial charge < -0.3 is 15.0 Å². The maximum atomic E-state index is 12.5. The Morgan fingerprint density at radius 1 is 1.07 bits per heavy atom. The Morgan fingerprint density at radius 3 is 2.41 bits per heavy atom. The first-order valence-corrected chi connectivity index (χ1v) is 9.14. The zero-order valence-corrected chi connectivity index (χ0v) is 15.9. The lowest BCUT2D eigenvalue weighted by Gasteiger charge is -2.34. The van der Waals surface area contributed by atoms with Gasteiger partial charge in [0.25, 0.3) is 5.91 Å². The van der Waals surface area contributed by atoms with Gasteiger partial charge in [-0.2, -0.15) is 0 Å². The molecule has 7 heteroatoms. The van der Waals surface area contributed by atoms with Crippen LogP contribution in [0.1, 0.15) is 10.4 Å². The number of benzene rings is 2. The summed E-state index contributed by atoms with van der Waals surface area (Å²) in [4.78, 5) is 28.6. The summed E-state index contributed by atoms with van der Waals surface area (Å²) in [6, 6.07) is 14.2. The molecule has 0 spiro atoms. The lowest BCUT2D eigenvalue weighted by atomic mass is 10.2. The van der Waals surface area contributed by atoms with Crippen LogP contribution in [0.2, 0.25) is 5.02 Å². The molecule has 27 heavy (non-hydrogen) atoms. The molecule has 0 aliphatic carbocycles. The highest BCUT2D eigenvalue weighted by molar-refractivity contribution is 6.30. The number of amides is 2. The number of methoxy groups -OCH3 is 1. The van der Waals surface area contributed by atoms with E-state index in [2.05, 4.69) is 5.32 Å². The van der Waals surface area contributed by atoms with Crippen LogP contribution in [0.25, 0.3) is 0 Å². The summed E-state index contributed by atoms with van der Waals surface area (Å²) >= 11 is 5.96. The molecule has 2 amide bonds. The van der Waals surface area contributed by atoms with Crippen LogP contribution < -0.4 is 10.1 Å². The summed E-state index contributed by atoms with van der Waals surface area (Å²) in [5.41, 5.74) is 1.32. The van der Waals surface area contributed by atoms with E-state index in [0.717, 1.165) is 11.4 Å². The molecule has 0 aromatic heterocycles. The Labute approximate surface area is 163 Å². The second kappa shape index (κ2) is 8.88. The highest BCUT2D eigenvalue weighted by Crippen LogP contribution is 2.16. The molecule has 3 rings (SSSR count). The molecule has 0 unspecified atom stereocenters. The minimum Gasteiger partial charge on any atom is -0.497 e. The Hall–Kier alpha value is -2.57. The van der Waals surface area contributed by atoms with Gasteiger partial charge in [-0.3, -0.25) is 14.5 Å². The largest absolute Gasteiger partial charge is 0.497 e. The van der Waals surface area contributed by atoms with Crippen LogP contribution in [-0.4, -0.2) is 61.4 Å². The number of carbonyl (C=O) groups is 2. The van der Waals surface area contributed by atoms with Crippen LogP contribution >= 0.6 is 11.6 Å². The zero-order chi connectivity index (χ0) is 19.2. The topological polar surface area (TPSA) is 61.9 Å². The average molecular weight is 388 g/mol. The summed E-state index contributed by atoms with van der Waals surface area (Å²) in [5.74, 6) is 0.642. The highest BCUT2D eigenvalue weighted by atomic mass is 35.5. The van der Waals surface area contributed by atoms with Crippen molar-refractivity contribution in [2.75, 3.05) is 45.2 Å². The average Bonchev–Trinajstić information content (AvgIpc) is 2.68. The quantitative estimate of drug-likeness (QED) is 0.856. The van der Waals surface area contributed by atoms with Gasteiger partial charge >= 0.3 is 0 Å². The van der Waals surface area contributed by atoms with Crippen molar-refractivity contribution in [3.05, 3.63) is 59.1 Å². The highest BCUT2D eigenvalue weighted by Gasteiger charge is 2.23. The van der Waals surface area contributed by atoms with E-state index in [1.807, 2.05) is 4.90 Å². The summed E-state index contributed by atoms with van der Waals surface area (Å²) in [5, 5.41) is 3.43. The normalized spacial score (nSPS) is 14.7. The molecule has 6 nitrogen and oxygen atoms in total.